The first-order valence-corrected chi connectivity index (χ1v) is 9.29. The van der Waals surface area contributed by atoms with Crippen molar-refractivity contribution in [2.45, 2.75) is 12.7 Å². The molecular weight excluding hydrogens is 423 g/mol. The van der Waals surface area contributed by atoms with Crippen LogP contribution in [0.15, 0.2) is 48.7 Å². The summed E-state index contributed by atoms with van der Waals surface area (Å²) in [6.45, 7) is 0.716. The zero-order valence-corrected chi connectivity index (χ0v) is 16.1. The summed E-state index contributed by atoms with van der Waals surface area (Å²) in [4.78, 5) is 12.6. The molecule has 0 saturated carbocycles. The monoisotopic (exact) mass is 437 g/mol. The van der Waals surface area contributed by atoms with Gasteiger partial charge in [-0.05, 0) is 24.3 Å². The summed E-state index contributed by atoms with van der Waals surface area (Å²) in [6, 6.07) is 10.9. The van der Waals surface area contributed by atoms with E-state index in [9.17, 15) is 18.0 Å². The highest BCUT2D eigenvalue weighted by atomic mass is 35.5. The molecule has 1 aliphatic heterocycles. The fourth-order valence-corrected chi connectivity index (χ4v) is 3.32. The second kappa shape index (κ2) is 7.91. The average Bonchev–Trinajstić information content (AvgIpc) is 3.18. The molecule has 0 atom stereocenters. The van der Waals surface area contributed by atoms with Crippen molar-refractivity contribution in [3.8, 4) is 17.2 Å². The molecule has 156 valence electrons. The molecule has 0 bridgehead atoms. The minimum absolute atomic E-state index is 0.0367. The van der Waals surface area contributed by atoms with E-state index in [1.807, 2.05) is 0 Å². The number of hydrogen-bond donors (Lipinski definition) is 1. The lowest BCUT2D eigenvalue weighted by molar-refractivity contribution is -0.143. The van der Waals surface area contributed by atoms with Crippen LogP contribution in [0.3, 0.4) is 0 Å². The molecule has 0 saturated heterocycles. The number of para-hydroxylation sites is 1. The quantitative estimate of drug-likeness (QED) is 0.663. The highest BCUT2D eigenvalue weighted by Gasteiger charge is 2.40. The van der Waals surface area contributed by atoms with E-state index >= 15 is 0 Å². The number of aromatic nitrogens is 2. The molecule has 6 nitrogen and oxygen atoms in total. The number of rotatable bonds is 4. The van der Waals surface area contributed by atoms with Gasteiger partial charge in [-0.2, -0.15) is 18.3 Å². The van der Waals surface area contributed by atoms with E-state index in [4.69, 9.17) is 21.1 Å². The number of nitrogens with one attached hydrogen (secondary N) is 1. The molecular formula is C20H15ClF3N3O3. The summed E-state index contributed by atoms with van der Waals surface area (Å²) in [6.07, 6.45) is -3.92. The Morgan fingerprint density at radius 3 is 2.70 bits per heavy atom. The van der Waals surface area contributed by atoms with Crippen molar-refractivity contribution in [3.05, 3.63) is 70.5 Å². The summed E-state index contributed by atoms with van der Waals surface area (Å²) >= 11 is 5.88. The highest BCUT2D eigenvalue weighted by Crippen LogP contribution is 2.35. The third-order valence-electron chi connectivity index (χ3n) is 4.42. The number of hydrogen-bond acceptors (Lipinski definition) is 4. The van der Waals surface area contributed by atoms with Gasteiger partial charge >= 0.3 is 6.18 Å². The van der Waals surface area contributed by atoms with Gasteiger partial charge in [-0.3, -0.25) is 4.79 Å². The van der Waals surface area contributed by atoms with Gasteiger partial charge in [-0.1, -0.05) is 29.8 Å². The molecule has 1 aromatic heterocycles. The van der Waals surface area contributed by atoms with E-state index < -0.39 is 23.3 Å². The molecule has 0 spiro atoms. The normalized spacial score (nSPS) is 13.2. The molecule has 0 aliphatic carbocycles. The maximum atomic E-state index is 13.8. The van der Waals surface area contributed by atoms with E-state index in [1.54, 1.807) is 18.2 Å². The Bertz CT molecular complexity index is 1100. The van der Waals surface area contributed by atoms with Gasteiger partial charge < -0.3 is 14.8 Å². The summed E-state index contributed by atoms with van der Waals surface area (Å²) in [7, 11) is 0. The maximum absolute atomic E-state index is 13.8. The van der Waals surface area contributed by atoms with Crippen LogP contribution >= 0.6 is 11.6 Å². The Labute approximate surface area is 174 Å². The lowest BCUT2D eigenvalue weighted by atomic mass is 10.1. The van der Waals surface area contributed by atoms with Crippen LogP contribution in [0.25, 0.3) is 5.69 Å². The summed E-state index contributed by atoms with van der Waals surface area (Å²) in [5, 5.41) is 6.52. The first kappa shape index (κ1) is 20.1. The molecule has 3 aromatic rings. The fourth-order valence-electron chi connectivity index (χ4n) is 3.14. The van der Waals surface area contributed by atoms with Crippen LogP contribution in [0, 0.1) is 0 Å². The van der Waals surface area contributed by atoms with Gasteiger partial charge in [0, 0.05) is 17.1 Å². The molecule has 4 rings (SSSR count). The largest absolute Gasteiger partial charge is 0.486 e. The first-order chi connectivity index (χ1) is 14.3. The number of halogens is 4. The van der Waals surface area contributed by atoms with Crippen LogP contribution < -0.4 is 14.8 Å². The highest BCUT2D eigenvalue weighted by molar-refractivity contribution is 6.30. The smallest absolute Gasteiger partial charge is 0.434 e. The Hall–Kier alpha value is -3.20. The molecule has 1 N–H and O–H groups in total. The number of fused-ring (bicyclic) bond motifs is 1. The van der Waals surface area contributed by atoms with E-state index in [1.165, 1.54) is 24.3 Å². The van der Waals surface area contributed by atoms with Crippen molar-refractivity contribution in [1.82, 2.24) is 15.1 Å². The van der Waals surface area contributed by atoms with Crippen LogP contribution in [0.2, 0.25) is 5.02 Å². The molecule has 1 aliphatic rings. The summed E-state index contributed by atoms with van der Waals surface area (Å²) < 4.78 is 53.0. The van der Waals surface area contributed by atoms with Gasteiger partial charge in [0.25, 0.3) is 5.91 Å². The lowest BCUT2D eigenvalue weighted by Gasteiger charge is -2.21. The number of carbonyl (C=O) groups excluding carboxylic acids is 1. The minimum Gasteiger partial charge on any atom is -0.486 e. The van der Waals surface area contributed by atoms with Crippen LogP contribution in [-0.4, -0.2) is 28.9 Å². The number of alkyl halides is 3. The Morgan fingerprint density at radius 1 is 1.17 bits per heavy atom. The second-order valence-electron chi connectivity index (χ2n) is 6.42. The number of nitrogens with zero attached hydrogens (tertiary/aromatic N) is 2. The summed E-state index contributed by atoms with van der Waals surface area (Å²) in [5.41, 5.74) is -1.09. The summed E-state index contributed by atoms with van der Waals surface area (Å²) in [5.74, 6) is 0.0809. The molecule has 0 radical (unpaired) electrons. The average molecular weight is 438 g/mol. The topological polar surface area (TPSA) is 65.4 Å². The SMILES string of the molecule is O=C(NCc1cccc2c1OCCO2)c1cnn(-c2cccc(Cl)c2)c1C(F)(F)F. The number of carbonyl (C=O) groups is 1. The molecule has 2 aromatic carbocycles. The van der Waals surface area contributed by atoms with Gasteiger partial charge in [-0.25, -0.2) is 4.68 Å². The van der Waals surface area contributed by atoms with Crippen molar-refractivity contribution < 1.29 is 27.4 Å². The van der Waals surface area contributed by atoms with Crippen LogP contribution in [-0.2, 0) is 12.7 Å². The molecule has 1 amide bonds. The standard InChI is InChI=1S/C20H15ClF3N3O3/c21-13-4-2-5-14(9-13)27-18(20(22,23)24)15(11-26-27)19(28)25-10-12-3-1-6-16-17(12)30-8-7-29-16/h1-6,9,11H,7-8,10H2,(H,25,28). The first-order valence-electron chi connectivity index (χ1n) is 8.91. The Balaban J connectivity index is 1.62. The van der Waals surface area contributed by atoms with Crippen LogP contribution in [0.5, 0.6) is 11.5 Å². The zero-order valence-electron chi connectivity index (χ0n) is 15.4. The van der Waals surface area contributed by atoms with Crippen molar-refractivity contribution >= 4 is 17.5 Å². The minimum atomic E-state index is -4.81. The van der Waals surface area contributed by atoms with Gasteiger partial charge in [-0.15, -0.1) is 0 Å². The van der Waals surface area contributed by atoms with Crippen LogP contribution in [0.4, 0.5) is 13.2 Å². The second-order valence-corrected chi connectivity index (χ2v) is 6.86. The third-order valence-corrected chi connectivity index (χ3v) is 4.66. The lowest BCUT2D eigenvalue weighted by Crippen LogP contribution is -2.27. The van der Waals surface area contributed by atoms with Crippen LogP contribution in [0.1, 0.15) is 21.6 Å². The van der Waals surface area contributed by atoms with Gasteiger partial charge in [0.1, 0.15) is 13.2 Å². The molecule has 30 heavy (non-hydrogen) atoms. The predicted molar refractivity (Wildman–Crippen MR) is 102 cm³/mol. The predicted octanol–water partition coefficient (Wildman–Crippen LogP) is 4.25. The van der Waals surface area contributed by atoms with Gasteiger partial charge in [0.05, 0.1) is 17.4 Å². The van der Waals surface area contributed by atoms with Crippen molar-refractivity contribution in [3.63, 3.8) is 0 Å². The fraction of sp³-hybridized carbons (Fsp3) is 0.200. The van der Waals surface area contributed by atoms with E-state index in [0.29, 0.717) is 35.0 Å². The van der Waals surface area contributed by atoms with Gasteiger partial charge in [0.2, 0.25) is 0 Å². The molecule has 2 heterocycles. The van der Waals surface area contributed by atoms with E-state index in [-0.39, 0.29) is 17.3 Å². The third kappa shape index (κ3) is 3.93. The van der Waals surface area contributed by atoms with Crippen molar-refractivity contribution in [1.29, 1.82) is 0 Å². The molecule has 0 fully saturated rings. The zero-order chi connectivity index (χ0) is 21.3. The maximum Gasteiger partial charge on any atom is 0.434 e. The van der Waals surface area contributed by atoms with E-state index in [0.717, 1.165) is 6.20 Å². The molecule has 0 unspecified atom stereocenters. The Morgan fingerprint density at radius 2 is 1.93 bits per heavy atom. The number of benzene rings is 2. The van der Waals surface area contributed by atoms with E-state index in [2.05, 4.69) is 10.4 Å². The molecule has 10 heteroatoms. The van der Waals surface area contributed by atoms with Crippen molar-refractivity contribution in [2.24, 2.45) is 0 Å². The Kier molecular flexibility index (Phi) is 5.29. The number of amides is 1. The van der Waals surface area contributed by atoms with Gasteiger partial charge in [0.15, 0.2) is 17.2 Å². The van der Waals surface area contributed by atoms with Crippen molar-refractivity contribution in [2.75, 3.05) is 13.2 Å². The number of ether oxygens (including phenoxy) is 2.